The van der Waals surface area contributed by atoms with Gasteiger partial charge in [-0.25, -0.2) is 0 Å². The fourth-order valence-electron chi connectivity index (χ4n) is 1.37. The number of alkyl halides is 1. The van der Waals surface area contributed by atoms with Crippen LogP contribution < -0.4 is 0 Å². The third-order valence-corrected chi connectivity index (χ3v) is 2.47. The summed E-state index contributed by atoms with van der Waals surface area (Å²) in [6, 6.07) is 10.2. The Balaban J connectivity index is 2.55. The summed E-state index contributed by atoms with van der Waals surface area (Å²) in [5.41, 5.74) is 2.11. The van der Waals surface area contributed by atoms with Crippen molar-refractivity contribution in [2.24, 2.45) is 0 Å². The third-order valence-electron chi connectivity index (χ3n) is 2.05. The minimum atomic E-state index is -0.132. The maximum atomic E-state index is 6.01. The maximum absolute atomic E-state index is 6.01. The van der Waals surface area contributed by atoms with Crippen molar-refractivity contribution in [3.63, 3.8) is 0 Å². The van der Waals surface area contributed by atoms with Gasteiger partial charge >= 0.3 is 0 Å². The fourth-order valence-corrected chi connectivity index (χ4v) is 1.49. The van der Waals surface area contributed by atoms with E-state index >= 15 is 0 Å². The molecule has 1 unspecified atom stereocenters. The molecule has 0 bridgehead atoms. The van der Waals surface area contributed by atoms with Crippen molar-refractivity contribution in [1.29, 1.82) is 0 Å². The molecule has 2 rings (SSSR count). The molecule has 0 fully saturated rings. The van der Waals surface area contributed by atoms with Gasteiger partial charge in [0.15, 0.2) is 0 Å². The van der Waals surface area contributed by atoms with Crippen molar-refractivity contribution in [3.8, 4) is 0 Å². The van der Waals surface area contributed by atoms with E-state index in [1.165, 1.54) is 5.39 Å². The van der Waals surface area contributed by atoms with Gasteiger partial charge in [0.05, 0.1) is 5.38 Å². The SMILES string of the molecule is C=CC(Cl)c1cc2ccccc2[nH]1. The summed E-state index contributed by atoms with van der Waals surface area (Å²) in [5.74, 6) is 0. The zero-order valence-electron chi connectivity index (χ0n) is 7.13. The first-order valence-electron chi connectivity index (χ1n) is 4.15. The summed E-state index contributed by atoms with van der Waals surface area (Å²) in [4.78, 5) is 3.24. The molecule has 1 aromatic heterocycles. The highest BCUT2D eigenvalue weighted by Crippen LogP contribution is 2.24. The minimum absolute atomic E-state index is 0.132. The van der Waals surface area contributed by atoms with Crippen LogP contribution in [0.5, 0.6) is 0 Å². The Bertz CT molecular complexity index is 397. The van der Waals surface area contributed by atoms with Crippen LogP contribution >= 0.6 is 11.6 Å². The molecule has 1 nitrogen and oxygen atoms in total. The van der Waals surface area contributed by atoms with Gasteiger partial charge in [0, 0.05) is 11.2 Å². The normalized spacial score (nSPS) is 13.0. The average molecular weight is 192 g/mol. The Morgan fingerprint density at radius 3 is 2.85 bits per heavy atom. The Hall–Kier alpha value is -1.21. The Kier molecular flexibility index (Phi) is 2.11. The zero-order valence-corrected chi connectivity index (χ0v) is 7.88. The second kappa shape index (κ2) is 3.27. The highest BCUT2D eigenvalue weighted by atomic mass is 35.5. The molecule has 0 spiro atoms. The number of aromatic amines is 1. The van der Waals surface area contributed by atoms with Crippen molar-refractivity contribution in [2.75, 3.05) is 0 Å². The lowest BCUT2D eigenvalue weighted by atomic mass is 10.2. The fraction of sp³-hybridized carbons (Fsp3) is 0.0909. The molecule has 13 heavy (non-hydrogen) atoms. The largest absolute Gasteiger partial charge is 0.357 e. The second-order valence-corrected chi connectivity index (χ2v) is 3.42. The summed E-state index contributed by atoms with van der Waals surface area (Å²) in [6.45, 7) is 3.66. The lowest BCUT2D eigenvalue weighted by Gasteiger charge is -1.97. The van der Waals surface area contributed by atoms with Crippen LogP contribution in [0, 0.1) is 0 Å². The number of hydrogen-bond acceptors (Lipinski definition) is 0. The van der Waals surface area contributed by atoms with Gasteiger partial charge < -0.3 is 4.98 Å². The number of para-hydroxylation sites is 1. The van der Waals surface area contributed by atoms with Crippen molar-refractivity contribution in [3.05, 3.63) is 48.7 Å². The molecule has 0 amide bonds. The van der Waals surface area contributed by atoms with E-state index < -0.39 is 0 Å². The monoisotopic (exact) mass is 191 g/mol. The number of fused-ring (bicyclic) bond motifs is 1. The molecule has 1 N–H and O–H groups in total. The number of aromatic nitrogens is 1. The first-order chi connectivity index (χ1) is 6.31. The van der Waals surface area contributed by atoms with Crippen LogP contribution in [-0.2, 0) is 0 Å². The standard InChI is InChI=1S/C11H10ClN/c1-2-9(12)11-7-8-5-3-4-6-10(8)13-11/h2-7,9,13H,1H2. The second-order valence-electron chi connectivity index (χ2n) is 2.95. The van der Waals surface area contributed by atoms with Crippen LogP contribution in [0.25, 0.3) is 10.9 Å². The summed E-state index contributed by atoms with van der Waals surface area (Å²) in [6.07, 6.45) is 1.71. The van der Waals surface area contributed by atoms with Gasteiger partial charge in [-0.05, 0) is 17.5 Å². The molecule has 1 aromatic carbocycles. The van der Waals surface area contributed by atoms with Gasteiger partial charge in [-0.3, -0.25) is 0 Å². The minimum Gasteiger partial charge on any atom is -0.357 e. The number of H-pyrrole nitrogens is 1. The molecule has 66 valence electrons. The van der Waals surface area contributed by atoms with E-state index in [1.807, 2.05) is 18.2 Å². The maximum Gasteiger partial charge on any atom is 0.0913 e. The molecule has 2 heteroatoms. The number of nitrogens with one attached hydrogen (secondary N) is 1. The predicted octanol–water partition coefficient (Wildman–Crippen LogP) is 3.63. The van der Waals surface area contributed by atoms with Crippen LogP contribution in [0.2, 0.25) is 0 Å². The molecule has 0 aliphatic carbocycles. The third kappa shape index (κ3) is 1.47. The van der Waals surface area contributed by atoms with Crippen molar-refractivity contribution in [2.45, 2.75) is 5.38 Å². The molecule has 0 aliphatic rings. The number of benzene rings is 1. The molecule has 1 atom stereocenters. The highest BCUT2D eigenvalue weighted by molar-refractivity contribution is 6.22. The summed E-state index contributed by atoms with van der Waals surface area (Å²) in [7, 11) is 0. The van der Waals surface area contributed by atoms with Crippen molar-refractivity contribution >= 4 is 22.5 Å². The lowest BCUT2D eigenvalue weighted by Crippen LogP contribution is -1.83. The first-order valence-corrected chi connectivity index (χ1v) is 4.59. The van der Waals surface area contributed by atoms with Crippen molar-refractivity contribution in [1.82, 2.24) is 4.98 Å². The van der Waals surface area contributed by atoms with Crippen LogP contribution in [0.4, 0.5) is 0 Å². The number of rotatable bonds is 2. The molecule has 0 radical (unpaired) electrons. The first kappa shape index (κ1) is 8.39. The molecule has 0 saturated heterocycles. The van der Waals surface area contributed by atoms with Gasteiger partial charge in [0.25, 0.3) is 0 Å². The highest BCUT2D eigenvalue weighted by Gasteiger charge is 2.05. The summed E-state index contributed by atoms with van der Waals surface area (Å²) < 4.78 is 0. The van der Waals surface area contributed by atoms with E-state index in [1.54, 1.807) is 6.08 Å². The number of halogens is 1. The molecule has 1 heterocycles. The van der Waals surface area contributed by atoms with Gasteiger partial charge in [-0.2, -0.15) is 0 Å². The van der Waals surface area contributed by atoms with Gasteiger partial charge in [-0.15, -0.1) is 18.2 Å². The van der Waals surface area contributed by atoms with Gasteiger partial charge in [0.1, 0.15) is 0 Å². The Morgan fingerprint density at radius 1 is 1.38 bits per heavy atom. The van der Waals surface area contributed by atoms with Gasteiger partial charge in [-0.1, -0.05) is 24.3 Å². The average Bonchev–Trinajstić information content (AvgIpc) is 2.59. The molecular formula is C11H10ClN. The molecule has 0 aliphatic heterocycles. The van der Waals surface area contributed by atoms with Crippen LogP contribution in [0.1, 0.15) is 11.1 Å². The zero-order chi connectivity index (χ0) is 9.26. The summed E-state index contributed by atoms with van der Waals surface area (Å²) >= 11 is 6.01. The van der Waals surface area contributed by atoms with Crippen molar-refractivity contribution < 1.29 is 0 Å². The lowest BCUT2D eigenvalue weighted by molar-refractivity contribution is 1.13. The van der Waals surface area contributed by atoms with E-state index in [2.05, 4.69) is 23.7 Å². The molecule has 0 saturated carbocycles. The van der Waals surface area contributed by atoms with Crippen LogP contribution in [-0.4, -0.2) is 4.98 Å². The quantitative estimate of drug-likeness (QED) is 0.551. The Labute approximate surface area is 82.0 Å². The van der Waals surface area contributed by atoms with E-state index in [0.717, 1.165) is 11.2 Å². The topological polar surface area (TPSA) is 15.8 Å². The summed E-state index contributed by atoms with van der Waals surface area (Å²) in [5, 5.41) is 1.05. The van der Waals surface area contributed by atoms with E-state index in [4.69, 9.17) is 11.6 Å². The Morgan fingerprint density at radius 2 is 2.15 bits per heavy atom. The van der Waals surface area contributed by atoms with E-state index in [0.29, 0.717) is 0 Å². The molecular weight excluding hydrogens is 182 g/mol. The predicted molar refractivity (Wildman–Crippen MR) is 57.1 cm³/mol. The number of allylic oxidation sites excluding steroid dienone is 1. The van der Waals surface area contributed by atoms with E-state index in [9.17, 15) is 0 Å². The number of hydrogen-bond donors (Lipinski definition) is 1. The van der Waals surface area contributed by atoms with Crippen LogP contribution in [0.15, 0.2) is 43.0 Å². The van der Waals surface area contributed by atoms with Gasteiger partial charge in [0.2, 0.25) is 0 Å². The smallest absolute Gasteiger partial charge is 0.0913 e. The van der Waals surface area contributed by atoms with Crippen LogP contribution in [0.3, 0.4) is 0 Å². The van der Waals surface area contributed by atoms with E-state index in [-0.39, 0.29) is 5.38 Å². The molecule has 2 aromatic rings.